The van der Waals surface area contributed by atoms with Gasteiger partial charge in [-0.15, -0.1) is 11.8 Å². The van der Waals surface area contributed by atoms with Crippen molar-refractivity contribution in [3.8, 4) is 11.5 Å². The Bertz CT molecular complexity index is 990. The van der Waals surface area contributed by atoms with Crippen LogP contribution in [0.3, 0.4) is 0 Å². The van der Waals surface area contributed by atoms with Crippen molar-refractivity contribution in [2.45, 2.75) is 49.7 Å². The summed E-state index contributed by atoms with van der Waals surface area (Å²) in [4.78, 5) is 30.9. The third-order valence-corrected chi connectivity index (χ3v) is 7.28. The number of anilines is 1. The fourth-order valence-corrected chi connectivity index (χ4v) is 5.37. The molecule has 0 aliphatic carbocycles. The smallest absolute Gasteiger partial charge is 0.260 e. The Morgan fingerprint density at radius 1 is 1.00 bits per heavy atom. The number of fused-ring (bicyclic) bond motifs is 1. The summed E-state index contributed by atoms with van der Waals surface area (Å²) in [6, 6.07) is 13.3. The van der Waals surface area contributed by atoms with Crippen LogP contribution in [-0.4, -0.2) is 54.8 Å². The summed E-state index contributed by atoms with van der Waals surface area (Å²) >= 11 is 1.81. The fraction of sp³-hybridized carbons (Fsp3) is 0.462. The zero-order valence-electron chi connectivity index (χ0n) is 19.4. The van der Waals surface area contributed by atoms with Gasteiger partial charge in [0.25, 0.3) is 11.8 Å². The molecule has 0 N–H and O–H groups in total. The first-order valence-corrected chi connectivity index (χ1v) is 12.7. The van der Waals surface area contributed by atoms with E-state index in [-0.39, 0.29) is 18.4 Å². The maximum Gasteiger partial charge on any atom is 0.260 e. The highest BCUT2D eigenvalue weighted by Gasteiger charge is 2.26. The van der Waals surface area contributed by atoms with Crippen LogP contribution in [0.15, 0.2) is 47.4 Å². The van der Waals surface area contributed by atoms with E-state index in [1.165, 1.54) is 6.42 Å². The molecule has 7 heteroatoms. The summed E-state index contributed by atoms with van der Waals surface area (Å²) in [7, 11) is 0. The van der Waals surface area contributed by atoms with E-state index in [0.717, 1.165) is 42.9 Å². The molecular weight excluding hydrogens is 436 g/mol. The molecule has 2 aromatic carbocycles. The SMILES string of the molecule is CCOc1cc(C(=O)N2CCC(C)Sc3ccccc32)ccc1OCC(=O)N1CCCCC1. The van der Waals surface area contributed by atoms with Gasteiger partial charge in [0, 0.05) is 35.3 Å². The van der Waals surface area contributed by atoms with E-state index in [9.17, 15) is 9.59 Å². The van der Waals surface area contributed by atoms with Gasteiger partial charge >= 0.3 is 0 Å². The molecule has 2 aromatic rings. The van der Waals surface area contributed by atoms with Gasteiger partial charge in [0.1, 0.15) is 0 Å². The molecule has 1 unspecified atom stereocenters. The lowest BCUT2D eigenvalue weighted by molar-refractivity contribution is -0.134. The van der Waals surface area contributed by atoms with Gasteiger partial charge in [0.05, 0.1) is 12.3 Å². The van der Waals surface area contributed by atoms with E-state index in [4.69, 9.17) is 9.47 Å². The minimum atomic E-state index is -0.0611. The molecule has 0 radical (unpaired) electrons. The Balaban J connectivity index is 1.52. The van der Waals surface area contributed by atoms with E-state index in [0.29, 0.717) is 35.5 Å². The molecule has 1 fully saturated rings. The first-order chi connectivity index (χ1) is 16.1. The van der Waals surface area contributed by atoms with Crippen molar-refractivity contribution in [1.82, 2.24) is 4.90 Å². The summed E-state index contributed by atoms with van der Waals surface area (Å²) in [6.45, 7) is 6.75. The van der Waals surface area contributed by atoms with E-state index in [2.05, 4.69) is 13.0 Å². The van der Waals surface area contributed by atoms with Crippen LogP contribution >= 0.6 is 11.8 Å². The number of rotatable bonds is 6. The number of carbonyl (C=O) groups excluding carboxylic acids is 2. The largest absolute Gasteiger partial charge is 0.490 e. The van der Waals surface area contributed by atoms with Gasteiger partial charge in [-0.25, -0.2) is 0 Å². The van der Waals surface area contributed by atoms with Crippen LogP contribution in [0.5, 0.6) is 11.5 Å². The summed E-state index contributed by atoms with van der Waals surface area (Å²) in [5.74, 6) is 0.902. The van der Waals surface area contributed by atoms with Crippen LogP contribution in [0.25, 0.3) is 0 Å². The molecule has 0 saturated carbocycles. The Kier molecular flexibility index (Phi) is 7.81. The fourth-order valence-electron chi connectivity index (χ4n) is 4.26. The van der Waals surface area contributed by atoms with Crippen molar-refractivity contribution < 1.29 is 19.1 Å². The normalized spacial score (nSPS) is 18.3. The van der Waals surface area contributed by atoms with Crippen molar-refractivity contribution in [3.63, 3.8) is 0 Å². The lowest BCUT2D eigenvalue weighted by atomic mass is 10.1. The predicted octanol–water partition coefficient (Wildman–Crippen LogP) is 5.01. The number of thioether (sulfide) groups is 1. The van der Waals surface area contributed by atoms with E-state index in [1.807, 2.05) is 46.7 Å². The molecule has 33 heavy (non-hydrogen) atoms. The number of benzene rings is 2. The standard InChI is InChI=1S/C26H32N2O4S/c1-3-31-23-17-20(11-12-22(23)32-18-25(29)27-14-7-4-8-15-27)26(30)28-16-13-19(2)33-24-10-6-5-9-21(24)28/h5-6,9-12,17,19H,3-4,7-8,13-16,18H2,1-2H3. The van der Waals surface area contributed by atoms with Crippen LogP contribution in [0.2, 0.25) is 0 Å². The summed E-state index contributed by atoms with van der Waals surface area (Å²) in [6.07, 6.45) is 4.18. The zero-order valence-corrected chi connectivity index (χ0v) is 20.2. The van der Waals surface area contributed by atoms with Crippen molar-refractivity contribution in [1.29, 1.82) is 0 Å². The summed E-state index contributed by atoms with van der Waals surface area (Å²) < 4.78 is 11.6. The number of hydrogen-bond acceptors (Lipinski definition) is 5. The van der Waals surface area contributed by atoms with E-state index >= 15 is 0 Å². The van der Waals surface area contributed by atoms with Crippen LogP contribution in [0.4, 0.5) is 5.69 Å². The Morgan fingerprint density at radius 3 is 2.58 bits per heavy atom. The second kappa shape index (κ2) is 11.0. The molecule has 2 aliphatic heterocycles. The number of nitrogens with zero attached hydrogens (tertiary/aromatic N) is 2. The van der Waals surface area contributed by atoms with Gasteiger partial charge in [-0.1, -0.05) is 19.1 Å². The molecule has 2 heterocycles. The first-order valence-electron chi connectivity index (χ1n) is 11.8. The monoisotopic (exact) mass is 468 g/mol. The molecule has 0 aromatic heterocycles. The third-order valence-electron chi connectivity index (χ3n) is 6.04. The minimum absolute atomic E-state index is 0.00917. The molecule has 2 amide bonds. The quantitative estimate of drug-likeness (QED) is 0.597. The second-order valence-electron chi connectivity index (χ2n) is 8.47. The number of hydrogen-bond donors (Lipinski definition) is 0. The number of amides is 2. The average molecular weight is 469 g/mol. The average Bonchev–Trinajstić information content (AvgIpc) is 3.01. The topological polar surface area (TPSA) is 59.1 Å². The molecule has 176 valence electrons. The maximum atomic E-state index is 13.5. The maximum absolute atomic E-state index is 13.5. The van der Waals surface area contributed by atoms with Gasteiger partial charge in [-0.2, -0.15) is 0 Å². The number of carbonyl (C=O) groups is 2. The second-order valence-corrected chi connectivity index (χ2v) is 9.95. The lowest BCUT2D eigenvalue weighted by Gasteiger charge is -2.26. The molecule has 2 aliphatic rings. The van der Waals surface area contributed by atoms with Gasteiger partial charge in [-0.05, 0) is 62.9 Å². The zero-order chi connectivity index (χ0) is 23.2. The number of para-hydroxylation sites is 1. The van der Waals surface area contributed by atoms with Crippen molar-refractivity contribution >= 4 is 29.3 Å². The molecule has 1 atom stereocenters. The highest BCUT2D eigenvalue weighted by atomic mass is 32.2. The van der Waals surface area contributed by atoms with Gasteiger partial charge in [0.2, 0.25) is 0 Å². The van der Waals surface area contributed by atoms with Gasteiger partial charge < -0.3 is 19.3 Å². The van der Waals surface area contributed by atoms with E-state index < -0.39 is 0 Å². The summed E-state index contributed by atoms with van der Waals surface area (Å²) in [5.41, 5.74) is 1.49. The van der Waals surface area contributed by atoms with Crippen LogP contribution in [0.1, 0.15) is 49.9 Å². The highest BCUT2D eigenvalue weighted by Crippen LogP contribution is 2.38. The molecule has 4 rings (SSSR count). The van der Waals surface area contributed by atoms with Crippen LogP contribution in [-0.2, 0) is 4.79 Å². The molecule has 1 saturated heterocycles. The van der Waals surface area contributed by atoms with Crippen molar-refractivity contribution in [3.05, 3.63) is 48.0 Å². The molecular formula is C26H32N2O4S. The predicted molar refractivity (Wildman–Crippen MR) is 132 cm³/mol. The Hall–Kier alpha value is -2.67. The summed E-state index contributed by atoms with van der Waals surface area (Å²) in [5, 5.41) is 0.441. The molecule has 0 spiro atoms. The molecule has 6 nitrogen and oxygen atoms in total. The van der Waals surface area contributed by atoms with Gasteiger partial charge in [-0.3, -0.25) is 9.59 Å². The van der Waals surface area contributed by atoms with Crippen LogP contribution < -0.4 is 14.4 Å². The number of likely N-dealkylation sites (tertiary alicyclic amines) is 1. The highest BCUT2D eigenvalue weighted by molar-refractivity contribution is 8.00. The van der Waals surface area contributed by atoms with E-state index in [1.54, 1.807) is 18.2 Å². The Labute approximate surface area is 200 Å². The lowest BCUT2D eigenvalue weighted by Crippen LogP contribution is -2.38. The van der Waals surface area contributed by atoms with Crippen molar-refractivity contribution in [2.24, 2.45) is 0 Å². The Morgan fingerprint density at radius 2 is 1.79 bits per heavy atom. The molecule has 0 bridgehead atoms. The van der Waals surface area contributed by atoms with Crippen LogP contribution in [0, 0.1) is 0 Å². The number of ether oxygens (including phenoxy) is 2. The van der Waals surface area contributed by atoms with Crippen molar-refractivity contribution in [2.75, 3.05) is 37.7 Å². The number of piperidine rings is 1. The third kappa shape index (κ3) is 5.64. The van der Waals surface area contributed by atoms with Gasteiger partial charge in [0.15, 0.2) is 18.1 Å². The first kappa shape index (κ1) is 23.5. The minimum Gasteiger partial charge on any atom is -0.490 e.